The van der Waals surface area contributed by atoms with Gasteiger partial charge in [-0.25, -0.2) is 0 Å². The summed E-state index contributed by atoms with van der Waals surface area (Å²) in [6.45, 7) is 0. The van der Waals surface area contributed by atoms with Crippen LogP contribution in [0.5, 0.6) is 0 Å². The molecule has 0 bridgehead atoms. The van der Waals surface area contributed by atoms with Gasteiger partial charge in [0.05, 0.1) is 17.6 Å². The molecule has 0 unspecified atom stereocenters. The van der Waals surface area contributed by atoms with Gasteiger partial charge in [-0.05, 0) is 36.8 Å². The zero-order valence-corrected chi connectivity index (χ0v) is 9.19. The summed E-state index contributed by atoms with van der Waals surface area (Å²) < 4.78 is 0. The second-order valence-corrected chi connectivity index (χ2v) is 5.07. The lowest BCUT2D eigenvalue weighted by Gasteiger charge is -2.49. The van der Waals surface area contributed by atoms with Gasteiger partial charge >= 0.3 is 0 Å². The molecule has 3 rings (SSSR count). The molecule has 82 valence electrons. The molecule has 16 heavy (non-hydrogen) atoms. The Morgan fingerprint density at radius 2 is 2.19 bits per heavy atom. The second-order valence-electron chi connectivity index (χ2n) is 5.07. The molecule has 0 saturated heterocycles. The van der Waals surface area contributed by atoms with Crippen molar-refractivity contribution in [2.24, 2.45) is 5.92 Å². The van der Waals surface area contributed by atoms with E-state index in [0.717, 1.165) is 19.3 Å². The SMILES string of the molecule is N#C[C@@H]1C[C@@]2(O)CCCc3ccccc3[C@@H]12. The van der Waals surface area contributed by atoms with Crippen molar-refractivity contribution in [1.29, 1.82) is 5.26 Å². The summed E-state index contributed by atoms with van der Waals surface area (Å²) in [6, 6.07) is 10.6. The van der Waals surface area contributed by atoms with E-state index in [4.69, 9.17) is 5.26 Å². The maximum absolute atomic E-state index is 10.5. The molecule has 0 amide bonds. The predicted molar refractivity (Wildman–Crippen MR) is 60.8 cm³/mol. The fourth-order valence-corrected chi connectivity index (χ4v) is 3.37. The molecule has 1 N–H and O–H groups in total. The van der Waals surface area contributed by atoms with Crippen LogP contribution in [0.15, 0.2) is 24.3 Å². The van der Waals surface area contributed by atoms with E-state index in [-0.39, 0.29) is 11.8 Å². The minimum atomic E-state index is -0.604. The summed E-state index contributed by atoms with van der Waals surface area (Å²) in [5.41, 5.74) is 1.93. The largest absolute Gasteiger partial charge is 0.389 e. The normalized spacial score (nSPS) is 36.2. The van der Waals surface area contributed by atoms with Crippen molar-refractivity contribution in [2.75, 3.05) is 0 Å². The van der Waals surface area contributed by atoms with Gasteiger partial charge in [-0.15, -0.1) is 0 Å². The number of rotatable bonds is 0. The van der Waals surface area contributed by atoms with Crippen molar-refractivity contribution < 1.29 is 5.11 Å². The maximum atomic E-state index is 10.5. The Hall–Kier alpha value is -1.33. The van der Waals surface area contributed by atoms with Crippen LogP contribution in [0, 0.1) is 17.2 Å². The first-order valence-electron chi connectivity index (χ1n) is 5.94. The van der Waals surface area contributed by atoms with Gasteiger partial charge in [0.2, 0.25) is 0 Å². The number of benzene rings is 1. The van der Waals surface area contributed by atoms with E-state index < -0.39 is 5.60 Å². The number of aliphatic hydroxyl groups is 1. The molecule has 1 saturated carbocycles. The molecule has 2 nitrogen and oxygen atoms in total. The molecule has 0 heterocycles. The van der Waals surface area contributed by atoms with Gasteiger partial charge in [-0.2, -0.15) is 5.26 Å². The lowest BCUT2D eigenvalue weighted by Crippen LogP contribution is -2.51. The quantitative estimate of drug-likeness (QED) is 0.719. The third-order valence-electron chi connectivity index (χ3n) is 4.17. The Kier molecular flexibility index (Phi) is 2.05. The Labute approximate surface area is 95.5 Å². The van der Waals surface area contributed by atoms with Crippen LogP contribution in [0.1, 0.15) is 36.3 Å². The number of hydrogen-bond donors (Lipinski definition) is 1. The van der Waals surface area contributed by atoms with Crippen LogP contribution in [0.25, 0.3) is 0 Å². The fourth-order valence-electron chi connectivity index (χ4n) is 3.37. The molecular formula is C14H15NO. The highest BCUT2D eigenvalue weighted by Gasteiger charge is 2.54. The van der Waals surface area contributed by atoms with Crippen molar-refractivity contribution in [3.05, 3.63) is 35.4 Å². The minimum Gasteiger partial charge on any atom is -0.389 e. The maximum Gasteiger partial charge on any atom is 0.0741 e. The first-order valence-corrected chi connectivity index (χ1v) is 5.94. The highest BCUT2D eigenvalue weighted by atomic mass is 16.3. The van der Waals surface area contributed by atoms with Gasteiger partial charge in [0.25, 0.3) is 0 Å². The molecule has 2 aliphatic carbocycles. The lowest BCUT2D eigenvalue weighted by atomic mass is 9.58. The van der Waals surface area contributed by atoms with Crippen molar-refractivity contribution in [3.63, 3.8) is 0 Å². The minimum absolute atomic E-state index is 0.00394. The average molecular weight is 213 g/mol. The van der Waals surface area contributed by atoms with Gasteiger partial charge in [0, 0.05) is 5.92 Å². The Balaban J connectivity index is 2.09. The average Bonchev–Trinajstić information content (AvgIpc) is 2.37. The third kappa shape index (κ3) is 1.22. The summed E-state index contributed by atoms with van der Waals surface area (Å²) in [5, 5.41) is 19.6. The van der Waals surface area contributed by atoms with E-state index in [9.17, 15) is 5.11 Å². The molecule has 0 aromatic heterocycles. The van der Waals surface area contributed by atoms with Gasteiger partial charge in [0.15, 0.2) is 0 Å². The molecule has 0 radical (unpaired) electrons. The van der Waals surface area contributed by atoms with Gasteiger partial charge in [-0.3, -0.25) is 0 Å². The van der Waals surface area contributed by atoms with E-state index in [2.05, 4.69) is 18.2 Å². The Bertz CT molecular complexity index is 462. The number of hydrogen-bond acceptors (Lipinski definition) is 2. The zero-order valence-electron chi connectivity index (χ0n) is 9.19. The van der Waals surface area contributed by atoms with Crippen molar-refractivity contribution in [3.8, 4) is 6.07 Å². The van der Waals surface area contributed by atoms with E-state index in [1.807, 2.05) is 12.1 Å². The van der Waals surface area contributed by atoms with Crippen LogP contribution in [0.3, 0.4) is 0 Å². The van der Waals surface area contributed by atoms with E-state index in [1.165, 1.54) is 11.1 Å². The van der Waals surface area contributed by atoms with E-state index in [0.29, 0.717) is 6.42 Å². The van der Waals surface area contributed by atoms with Crippen molar-refractivity contribution in [1.82, 2.24) is 0 Å². The summed E-state index contributed by atoms with van der Waals surface area (Å²) in [5.74, 6) is 0.0560. The van der Waals surface area contributed by atoms with Crippen molar-refractivity contribution in [2.45, 2.75) is 37.2 Å². The standard InChI is InChI=1S/C14H15NO/c15-9-11-8-14(16)7-3-5-10-4-1-2-6-12(10)13(11)14/h1-2,4,6,11,13,16H,3,5,7-8H2/t11-,13+,14-/m0/s1. The third-order valence-corrected chi connectivity index (χ3v) is 4.17. The molecule has 1 aromatic carbocycles. The molecule has 1 fully saturated rings. The zero-order chi connectivity index (χ0) is 11.2. The highest BCUT2D eigenvalue weighted by molar-refractivity contribution is 5.39. The highest BCUT2D eigenvalue weighted by Crippen LogP contribution is 2.55. The van der Waals surface area contributed by atoms with Gasteiger partial charge < -0.3 is 5.11 Å². The Morgan fingerprint density at radius 3 is 3.00 bits per heavy atom. The first-order chi connectivity index (χ1) is 7.74. The van der Waals surface area contributed by atoms with Crippen LogP contribution >= 0.6 is 0 Å². The fraction of sp³-hybridized carbons (Fsp3) is 0.500. The number of nitriles is 1. The molecular weight excluding hydrogens is 198 g/mol. The predicted octanol–water partition coefficient (Wildman–Crippen LogP) is 2.38. The summed E-state index contributed by atoms with van der Waals surface area (Å²) >= 11 is 0. The Morgan fingerprint density at radius 1 is 1.38 bits per heavy atom. The van der Waals surface area contributed by atoms with Crippen LogP contribution in [0.4, 0.5) is 0 Å². The molecule has 0 spiro atoms. The molecule has 3 atom stereocenters. The summed E-state index contributed by atoms with van der Waals surface area (Å²) in [4.78, 5) is 0. The van der Waals surface area contributed by atoms with Crippen LogP contribution in [0.2, 0.25) is 0 Å². The van der Waals surface area contributed by atoms with E-state index >= 15 is 0 Å². The van der Waals surface area contributed by atoms with Crippen LogP contribution in [-0.2, 0) is 6.42 Å². The van der Waals surface area contributed by atoms with E-state index in [1.54, 1.807) is 0 Å². The molecule has 1 aromatic rings. The topological polar surface area (TPSA) is 44.0 Å². The number of nitrogens with zero attached hydrogens (tertiary/aromatic N) is 1. The number of aryl methyl sites for hydroxylation is 1. The molecule has 0 aliphatic heterocycles. The molecule has 2 heteroatoms. The number of fused-ring (bicyclic) bond motifs is 3. The molecule has 2 aliphatic rings. The second kappa shape index (κ2) is 3.33. The first kappa shape index (κ1) is 9.86. The van der Waals surface area contributed by atoms with Gasteiger partial charge in [-0.1, -0.05) is 24.3 Å². The smallest absolute Gasteiger partial charge is 0.0741 e. The van der Waals surface area contributed by atoms with Crippen LogP contribution < -0.4 is 0 Å². The summed E-state index contributed by atoms with van der Waals surface area (Å²) in [6.07, 6.45) is 3.56. The summed E-state index contributed by atoms with van der Waals surface area (Å²) in [7, 11) is 0. The lowest BCUT2D eigenvalue weighted by molar-refractivity contribution is -0.0876. The van der Waals surface area contributed by atoms with Crippen LogP contribution in [-0.4, -0.2) is 10.7 Å². The van der Waals surface area contributed by atoms with Crippen molar-refractivity contribution >= 4 is 0 Å². The van der Waals surface area contributed by atoms with Gasteiger partial charge in [0.1, 0.15) is 0 Å². The monoisotopic (exact) mass is 213 g/mol.